The Morgan fingerprint density at radius 3 is 2.71 bits per heavy atom. The molecule has 2 N–H and O–H groups in total. The molecular formula is C17H20N4. The Morgan fingerprint density at radius 2 is 1.95 bits per heavy atom. The maximum atomic E-state index is 6.26. The topological polar surface area (TPSA) is 56.7 Å². The predicted molar refractivity (Wildman–Crippen MR) is 86.0 cm³/mol. The first-order valence-corrected chi connectivity index (χ1v) is 7.68. The number of fused-ring (bicyclic) bond motifs is 3. The fourth-order valence-electron chi connectivity index (χ4n) is 3.78. The Balaban J connectivity index is 2.04. The molecule has 0 amide bonds. The van der Waals surface area contributed by atoms with Crippen molar-refractivity contribution in [3.05, 3.63) is 30.5 Å². The molecule has 3 atom stereocenters. The number of nitrogen functional groups attached to an aromatic ring is 1. The molecule has 3 aromatic rings. The molecule has 4 rings (SSSR count). The number of nitrogens with two attached hydrogens (primary N) is 1. The van der Waals surface area contributed by atoms with Crippen molar-refractivity contribution in [2.24, 2.45) is 11.8 Å². The van der Waals surface area contributed by atoms with Crippen LogP contribution in [0.1, 0.15) is 32.7 Å². The first-order chi connectivity index (χ1) is 10.2. The van der Waals surface area contributed by atoms with Crippen LogP contribution < -0.4 is 5.73 Å². The van der Waals surface area contributed by atoms with E-state index in [0.29, 0.717) is 17.9 Å². The third-order valence-electron chi connectivity index (χ3n) is 5.20. The summed E-state index contributed by atoms with van der Waals surface area (Å²) < 4.78 is 2.26. The van der Waals surface area contributed by atoms with Crippen molar-refractivity contribution in [3.8, 4) is 0 Å². The smallest absolute Gasteiger partial charge is 0.201 e. The Labute approximate surface area is 124 Å². The summed E-state index contributed by atoms with van der Waals surface area (Å²) >= 11 is 0. The van der Waals surface area contributed by atoms with Gasteiger partial charge in [0.05, 0.1) is 17.2 Å². The highest BCUT2D eigenvalue weighted by molar-refractivity contribution is 6.03. The number of anilines is 1. The van der Waals surface area contributed by atoms with Gasteiger partial charge in [-0.05, 0) is 30.7 Å². The van der Waals surface area contributed by atoms with Gasteiger partial charge in [-0.3, -0.25) is 4.98 Å². The third kappa shape index (κ3) is 1.75. The van der Waals surface area contributed by atoms with Gasteiger partial charge in [0.1, 0.15) is 5.52 Å². The van der Waals surface area contributed by atoms with E-state index in [0.717, 1.165) is 27.9 Å². The van der Waals surface area contributed by atoms with Crippen LogP contribution >= 0.6 is 0 Å². The molecule has 1 saturated carbocycles. The van der Waals surface area contributed by atoms with Gasteiger partial charge >= 0.3 is 0 Å². The number of hydrogen-bond donors (Lipinski definition) is 1. The summed E-state index contributed by atoms with van der Waals surface area (Å²) in [5, 5.41) is 1.14. The Kier molecular flexibility index (Phi) is 2.67. The number of imidazole rings is 1. The normalized spacial score (nSPS) is 25.9. The zero-order valence-corrected chi connectivity index (χ0v) is 12.5. The number of aromatic nitrogens is 3. The van der Waals surface area contributed by atoms with Gasteiger partial charge in [-0.2, -0.15) is 0 Å². The van der Waals surface area contributed by atoms with E-state index in [1.165, 1.54) is 12.8 Å². The lowest BCUT2D eigenvalue weighted by Gasteiger charge is -2.22. The molecule has 1 aliphatic rings. The summed E-state index contributed by atoms with van der Waals surface area (Å²) in [5.74, 6) is 1.98. The third-order valence-corrected chi connectivity index (χ3v) is 5.20. The number of nitrogens with zero attached hydrogens (tertiary/aromatic N) is 3. The largest absolute Gasteiger partial charge is 0.369 e. The fraction of sp³-hybridized carbons (Fsp3) is 0.412. The second-order valence-corrected chi connectivity index (χ2v) is 6.33. The van der Waals surface area contributed by atoms with E-state index in [1.807, 2.05) is 18.3 Å². The summed E-state index contributed by atoms with van der Waals surface area (Å²) in [6.45, 7) is 4.66. The second kappa shape index (κ2) is 4.45. The van der Waals surface area contributed by atoms with E-state index < -0.39 is 0 Å². The molecule has 3 unspecified atom stereocenters. The van der Waals surface area contributed by atoms with Crippen LogP contribution in [-0.2, 0) is 0 Å². The average Bonchev–Trinajstić information content (AvgIpc) is 2.99. The minimum atomic E-state index is 0.441. The molecule has 2 aromatic heterocycles. The van der Waals surface area contributed by atoms with Crippen molar-refractivity contribution in [2.45, 2.75) is 32.7 Å². The van der Waals surface area contributed by atoms with Crippen molar-refractivity contribution < 1.29 is 0 Å². The van der Waals surface area contributed by atoms with Crippen molar-refractivity contribution in [1.82, 2.24) is 14.5 Å². The average molecular weight is 280 g/mol. The zero-order chi connectivity index (χ0) is 14.6. The van der Waals surface area contributed by atoms with Crippen LogP contribution in [0.4, 0.5) is 5.95 Å². The SMILES string of the molecule is CC1CCC(n2c(N)nc3cnc4ccccc4c32)C1C. The van der Waals surface area contributed by atoms with Crippen LogP contribution in [0.15, 0.2) is 30.5 Å². The summed E-state index contributed by atoms with van der Waals surface area (Å²) in [4.78, 5) is 9.04. The maximum absolute atomic E-state index is 6.26. The molecule has 21 heavy (non-hydrogen) atoms. The summed E-state index contributed by atoms with van der Waals surface area (Å²) in [5.41, 5.74) is 9.30. The van der Waals surface area contributed by atoms with E-state index in [4.69, 9.17) is 5.73 Å². The van der Waals surface area contributed by atoms with E-state index in [2.05, 4.69) is 40.5 Å². The minimum absolute atomic E-state index is 0.441. The maximum Gasteiger partial charge on any atom is 0.201 e. The molecule has 1 aromatic carbocycles. The highest BCUT2D eigenvalue weighted by Gasteiger charge is 2.33. The number of benzene rings is 1. The van der Waals surface area contributed by atoms with Crippen molar-refractivity contribution in [1.29, 1.82) is 0 Å². The fourth-order valence-corrected chi connectivity index (χ4v) is 3.78. The molecule has 0 bridgehead atoms. The van der Waals surface area contributed by atoms with Crippen LogP contribution in [0, 0.1) is 11.8 Å². The van der Waals surface area contributed by atoms with Gasteiger partial charge in [0, 0.05) is 11.4 Å². The lowest BCUT2D eigenvalue weighted by Crippen LogP contribution is -2.16. The van der Waals surface area contributed by atoms with Crippen LogP contribution in [-0.4, -0.2) is 14.5 Å². The quantitative estimate of drug-likeness (QED) is 0.738. The minimum Gasteiger partial charge on any atom is -0.369 e. The lowest BCUT2D eigenvalue weighted by molar-refractivity contribution is 0.362. The molecule has 0 spiro atoms. The van der Waals surface area contributed by atoms with Gasteiger partial charge in [-0.1, -0.05) is 32.0 Å². The summed E-state index contributed by atoms with van der Waals surface area (Å²) in [6, 6.07) is 8.67. The van der Waals surface area contributed by atoms with Gasteiger partial charge in [-0.15, -0.1) is 0 Å². The lowest BCUT2D eigenvalue weighted by atomic mass is 9.97. The molecule has 0 aliphatic heterocycles. The molecule has 2 heterocycles. The zero-order valence-electron chi connectivity index (χ0n) is 12.5. The number of para-hydroxylation sites is 1. The van der Waals surface area contributed by atoms with E-state index in [-0.39, 0.29) is 0 Å². The van der Waals surface area contributed by atoms with Crippen LogP contribution in [0.25, 0.3) is 21.9 Å². The van der Waals surface area contributed by atoms with Gasteiger partial charge < -0.3 is 10.3 Å². The van der Waals surface area contributed by atoms with E-state index in [1.54, 1.807) is 0 Å². The van der Waals surface area contributed by atoms with Crippen LogP contribution in [0.5, 0.6) is 0 Å². The number of hydrogen-bond acceptors (Lipinski definition) is 3. The molecule has 108 valence electrons. The standard InChI is InChI=1S/C17H20N4/c1-10-7-8-15(11(10)2)21-16-12-5-3-4-6-13(12)19-9-14(16)20-17(21)18/h3-6,9-11,15H,7-8H2,1-2H3,(H2,18,20). The summed E-state index contributed by atoms with van der Waals surface area (Å²) in [7, 11) is 0. The first kappa shape index (κ1) is 12.6. The molecule has 1 aliphatic carbocycles. The van der Waals surface area contributed by atoms with E-state index >= 15 is 0 Å². The van der Waals surface area contributed by atoms with Gasteiger partial charge in [0.15, 0.2) is 0 Å². The van der Waals surface area contributed by atoms with Crippen molar-refractivity contribution in [3.63, 3.8) is 0 Å². The highest BCUT2D eigenvalue weighted by atomic mass is 15.2. The van der Waals surface area contributed by atoms with Gasteiger partial charge in [0.2, 0.25) is 5.95 Å². The molecule has 0 saturated heterocycles. The van der Waals surface area contributed by atoms with E-state index in [9.17, 15) is 0 Å². The Bertz CT molecular complexity index is 820. The van der Waals surface area contributed by atoms with Crippen molar-refractivity contribution in [2.75, 3.05) is 5.73 Å². The highest BCUT2D eigenvalue weighted by Crippen LogP contribution is 2.43. The molecule has 4 heteroatoms. The number of pyridine rings is 1. The Hall–Kier alpha value is -2.10. The molecular weight excluding hydrogens is 260 g/mol. The summed E-state index contributed by atoms with van der Waals surface area (Å²) in [6.07, 6.45) is 4.27. The first-order valence-electron chi connectivity index (χ1n) is 7.68. The monoisotopic (exact) mass is 280 g/mol. The van der Waals surface area contributed by atoms with Gasteiger partial charge in [-0.25, -0.2) is 4.98 Å². The van der Waals surface area contributed by atoms with Crippen LogP contribution in [0.3, 0.4) is 0 Å². The van der Waals surface area contributed by atoms with Crippen molar-refractivity contribution >= 4 is 27.9 Å². The Morgan fingerprint density at radius 1 is 1.14 bits per heavy atom. The molecule has 0 radical (unpaired) electrons. The molecule has 1 fully saturated rings. The van der Waals surface area contributed by atoms with Crippen LogP contribution in [0.2, 0.25) is 0 Å². The second-order valence-electron chi connectivity index (χ2n) is 6.33. The number of rotatable bonds is 1. The van der Waals surface area contributed by atoms with Gasteiger partial charge in [0.25, 0.3) is 0 Å². The molecule has 4 nitrogen and oxygen atoms in total. The predicted octanol–water partition coefficient (Wildman–Crippen LogP) is 3.77.